The molecule has 0 spiro atoms. The van der Waals surface area contributed by atoms with Crippen LogP contribution in [0.3, 0.4) is 0 Å². The van der Waals surface area contributed by atoms with Crippen molar-refractivity contribution < 1.29 is 9.50 Å². The predicted octanol–water partition coefficient (Wildman–Crippen LogP) is -2.84. The van der Waals surface area contributed by atoms with E-state index < -0.39 is 5.40 Å². The lowest BCUT2D eigenvalue weighted by Crippen LogP contribution is -2.54. The van der Waals surface area contributed by atoms with Gasteiger partial charge in [-0.1, -0.05) is 17.7 Å². The molecule has 0 fully saturated rings. The van der Waals surface area contributed by atoms with Crippen molar-refractivity contribution in [2.24, 2.45) is 0 Å². The van der Waals surface area contributed by atoms with Crippen molar-refractivity contribution >= 4 is 31.4 Å². The molecular weight excluding hydrogens is 174 g/mol. The molecule has 1 N–H and O–H groups in total. The Morgan fingerprint density at radius 1 is 1.00 bits per heavy atom. The number of benzene rings is 1. The highest BCUT2D eigenvalue weighted by molar-refractivity contribution is 6.53. The monoisotopic (exact) mass is 188 g/mol. The largest absolute Gasteiger partial charge is 0.408 e. The fourth-order valence-corrected chi connectivity index (χ4v) is 1.22. The zero-order valence-corrected chi connectivity index (χ0v) is 9.13. The van der Waals surface area contributed by atoms with Crippen LogP contribution in [0.25, 0.3) is 0 Å². The highest BCUT2D eigenvalue weighted by Crippen LogP contribution is 2.25. The summed E-state index contributed by atoms with van der Waals surface area (Å²) in [5, 5.41) is 8.76. The van der Waals surface area contributed by atoms with Gasteiger partial charge in [0.1, 0.15) is 37.2 Å². The van der Waals surface area contributed by atoms with Crippen molar-refractivity contribution in [3.63, 3.8) is 0 Å². The number of hydrogen-bond donors (Lipinski definition) is 1. The van der Waals surface area contributed by atoms with Crippen molar-refractivity contribution in [1.82, 2.24) is 0 Å². The van der Waals surface area contributed by atoms with Crippen molar-refractivity contribution in [3.8, 4) is 0 Å². The zero-order chi connectivity index (χ0) is 11.0. The van der Waals surface area contributed by atoms with E-state index in [4.69, 9.17) is 0 Å². The van der Waals surface area contributed by atoms with Crippen molar-refractivity contribution in [2.45, 2.75) is 10.6 Å². The lowest BCUT2D eigenvalue weighted by atomic mass is 9.33. The van der Waals surface area contributed by atoms with E-state index in [1.54, 1.807) is 27.8 Å². The molecule has 0 aliphatic heterocycles. The van der Waals surface area contributed by atoms with Crippen LogP contribution in [0.5, 0.6) is 0 Å². The Morgan fingerprint density at radius 2 is 1.43 bits per heavy atom. The predicted molar refractivity (Wildman–Crippen MR) is 67.2 cm³/mol. The van der Waals surface area contributed by atoms with E-state index in [1.807, 2.05) is 15.7 Å². The molecule has 6 heteroatoms. The molecule has 70 valence electrons. The van der Waals surface area contributed by atoms with Gasteiger partial charge in [-0.15, -0.1) is 0 Å². The van der Waals surface area contributed by atoms with Crippen molar-refractivity contribution in [3.05, 3.63) is 35.6 Å². The molecule has 1 aromatic carbocycles. The maximum absolute atomic E-state index is 12.7. The van der Waals surface area contributed by atoms with Crippen molar-refractivity contribution in [2.75, 3.05) is 0 Å². The number of halogens is 1. The molecule has 1 nitrogen and oxygen atoms in total. The molecule has 0 saturated carbocycles. The normalized spacial score (nSPS) is 12.7. The SMILES string of the molecule is BC(B)(O)C(B)(B)c1ccc(F)cc1. The Morgan fingerprint density at radius 3 is 1.79 bits per heavy atom. The number of aliphatic hydroxyl groups is 1. The minimum Gasteiger partial charge on any atom is -0.408 e. The fourth-order valence-electron chi connectivity index (χ4n) is 1.22. The van der Waals surface area contributed by atoms with E-state index in [1.165, 1.54) is 12.1 Å². The molecule has 1 rings (SSSR count). The van der Waals surface area contributed by atoms with E-state index in [9.17, 15) is 9.50 Å². The summed E-state index contributed by atoms with van der Waals surface area (Å²) in [5.41, 5.74) is 0.936. The Bertz CT molecular complexity index is 317. The van der Waals surface area contributed by atoms with E-state index in [-0.39, 0.29) is 11.0 Å². The summed E-state index contributed by atoms with van der Waals surface area (Å²) in [5.74, 6) is -0.250. The highest BCUT2D eigenvalue weighted by Gasteiger charge is 2.35. The highest BCUT2D eigenvalue weighted by atomic mass is 19.1. The van der Waals surface area contributed by atoms with E-state index in [2.05, 4.69) is 0 Å². The molecule has 0 heterocycles. The summed E-state index contributed by atoms with van der Waals surface area (Å²) in [4.78, 5) is 0. The van der Waals surface area contributed by atoms with Gasteiger partial charge in [0.2, 0.25) is 0 Å². The molecule has 0 bridgehead atoms. The third kappa shape index (κ3) is 2.06. The number of rotatable bonds is 2. The molecule has 0 amide bonds. The van der Waals surface area contributed by atoms with Crippen LogP contribution in [0.2, 0.25) is 0 Å². The first-order chi connectivity index (χ1) is 6.25. The Balaban J connectivity index is 3.10. The quantitative estimate of drug-likeness (QED) is 0.495. The van der Waals surface area contributed by atoms with E-state index >= 15 is 0 Å². The van der Waals surface area contributed by atoms with Crippen LogP contribution in [0.1, 0.15) is 5.56 Å². The molecule has 1 aromatic rings. The lowest BCUT2D eigenvalue weighted by Gasteiger charge is -2.38. The van der Waals surface area contributed by atoms with Crippen LogP contribution in [0.15, 0.2) is 24.3 Å². The minimum atomic E-state index is -0.829. The Hall–Kier alpha value is -0.630. The van der Waals surface area contributed by atoms with Gasteiger partial charge in [0.05, 0.1) is 0 Å². The van der Waals surface area contributed by atoms with E-state index in [0.717, 1.165) is 5.56 Å². The molecule has 0 aromatic heterocycles. The minimum absolute atomic E-state index is 0.250. The van der Waals surface area contributed by atoms with Crippen LogP contribution in [-0.2, 0) is 5.21 Å². The Kier molecular flexibility index (Phi) is 2.86. The average molecular weight is 187 g/mol. The van der Waals surface area contributed by atoms with Gasteiger partial charge in [-0.25, -0.2) is 4.39 Å². The fraction of sp³-hybridized carbons (Fsp3) is 0.250. The van der Waals surface area contributed by atoms with Gasteiger partial charge < -0.3 is 5.11 Å². The first-order valence-corrected chi connectivity index (χ1v) is 4.73. The molecule has 14 heavy (non-hydrogen) atoms. The maximum Gasteiger partial charge on any atom is 0.130 e. The second-order valence-corrected chi connectivity index (χ2v) is 4.69. The van der Waals surface area contributed by atoms with Gasteiger partial charge in [-0.2, -0.15) is 0 Å². The molecule has 0 saturated heterocycles. The molecule has 0 radical (unpaired) electrons. The lowest BCUT2D eigenvalue weighted by molar-refractivity contribution is 0.193. The summed E-state index contributed by atoms with van der Waals surface area (Å²) in [7, 11) is 7.41. The zero-order valence-electron chi connectivity index (χ0n) is 9.13. The molecule has 0 unspecified atom stereocenters. The third-order valence-corrected chi connectivity index (χ3v) is 3.10. The van der Waals surface area contributed by atoms with Gasteiger partial charge >= 0.3 is 0 Å². The van der Waals surface area contributed by atoms with Gasteiger partial charge in [-0.05, 0) is 22.7 Å². The van der Waals surface area contributed by atoms with Crippen LogP contribution >= 0.6 is 0 Å². The first-order valence-electron chi connectivity index (χ1n) is 4.73. The standard InChI is InChI=1S/C8H13B4FO/c9-7(10,8(11,12)14)5-1-3-6(13)4-2-5/h1-4,14H,9-12H2. The average Bonchev–Trinajstić information content (AvgIpc) is 2.03. The molecule has 0 aliphatic rings. The number of hydrogen-bond acceptors (Lipinski definition) is 1. The summed E-state index contributed by atoms with van der Waals surface area (Å²) >= 11 is 0. The van der Waals surface area contributed by atoms with Crippen LogP contribution < -0.4 is 0 Å². The van der Waals surface area contributed by atoms with Gasteiger partial charge in [0.25, 0.3) is 0 Å². The Labute approximate surface area is 87.7 Å². The summed E-state index contributed by atoms with van der Waals surface area (Å²) < 4.78 is 12.7. The van der Waals surface area contributed by atoms with Gasteiger partial charge in [-0.3, -0.25) is 0 Å². The molecule has 0 atom stereocenters. The maximum atomic E-state index is 12.7. The second-order valence-electron chi connectivity index (χ2n) is 4.69. The van der Waals surface area contributed by atoms with Crippen molar-refractivity contribution in [1.29, 1.82) is 0 Å². The summed E-state index contributed by atoms with van der Waals surface area (Å²) in [6.45, 7) is 0. The van der Waals surface area contributed by atoms with Crippen LogP contribution in [0.4, 0.5) is 4.39 Å². The summed E-state index contributed by atoms with van der Waals surface area (Å²) in [6, 6.07) is 6.27. The van der Waals surface area contributed by atoms with Gasteiger partial charge in [0.15, 0.2) is 0 Å². The second kappa shape index (κ2) is 3.50. The smallest absolute Gasteiger partial charge is 0.130 e. The van der Waals surface area contributed by atoms with E-state index in [0.29, 0.717) is 0 Å². The third-order valence-electron chi connectivity index (χ3n) is 3.10. The molecule has 0 aliphatic carbocycles. The first kappa shape index (κ1) is 11.4. The van der Waals surface area contributed by atoms with Gasteiger partial charge in [0, 0.05) is 0 Å². The van der Waals surface area contributed by atoms with Crippen LogP contribution in [-0.4, -0.2) is 41.9 Å². The topological polar surface area (TPSA) is 20.2 Å². The van der Waals surface area contributed by atoms with Crippen LogP contribution in [0, 0.1) is 5.82 Å². The molecular formula is C8H13B4FO. The summed E-state index contributed by atoms with van der Waals surface area (Å²) in [6.07, 6.45) is 0.